The number of amides is 2. The summed E-state index contributed by atoms with van der Waals surface area (Å²) in [7, 11) is -2.06. The van der Waals surface area contributed by atoms with Gasteiger partial charge in [0.15, 0.2) is 9.84 Å². The summed E-state index contributed by atoms with van der Waals surface area (Å²) < 4.78 is 31.0. The molecule has 1 atom stereocenters. The first-order valence-electron chi connectivity index (χ1n) is 10.9. The number of methoxy groups -OCH3 is 1. The van der Waals surface area contributed by atoms with E-state index in [0.29, 0.717) is 12.2 Å². The van der Waals surface area contributed by atoms with Crippen molar-refractivity contribution in [1.82, 2.24) is 5.32 Å². The Morgan fingerprint density at radius 1 is 1.16 bits per heavy atom. The Labute approximate surface area is 188 Å². The first kappa shape index (κ1) is 22.3. The number of hydrogen-bond acceptors (Lipinski definition) is 5. The van der Waals surface area contributed by atoms with Crippen molar-refractivity contribution in [2.45, 2.75) is 50.1 Å². The van der Waals surface area contributed by atoms with Gasteiger partial charge in [0.25, 0.3) is 0 Å². The van der Waals surface area contributed by atoms with E-state index >= 15 is 0 Å². The molecule has 2 aromatic carbocycles. The second-order valence-corrected chi connectivity index (χ2v) is 10.6. The van der Waals surface area contributed by atoms with E-state index in [1.165, 1.54) is 0 Å². The van der Waals surface area contributed by atoms with Crippen LogP contribution in [-0.4, -0.2) is 39.1 Å². The average molecular weight is 457 g/mol. The molecule has 1 fully saturated rings. The van der Waals surface area contributed by atoms with Gasteiger partial charge in [0, 0.05) is 36.2 Å². The smallest absolute Gasteiger partial charge is 0.230 e. The van der Waals surface area contributed by atoms with Crippen LogP contribution < -0.4 is 15.0 Å². The summed E-state index contributed by atoms with van der Waals surface area (Å²) in [4.78, 5) is 26.9. The number of benzene rings is 2. The maximum atomic E-state index is 12.8. The number of nitrogens with one attached hydrogen (secondary N) is 1. The number of hydrogen-bond donors (Lipinski definition) is 1. The minimum atomic E-state index is -3.62. The highest BCUT2D eigenvalue weighted by molar-refractivity contribution is 7.91. The van der Waals surface area contributed by atoms with Crippen molar-refractivity contribution in [3.8, 4) is 5.75 Å². The zero-order valence-electron chi connectivity index (χ0n) is 18.3. The molecule has 7 nitrogen and oxygen atoms in total. The lowest BCUT2D eigenvalue weighted by atomic mass is 10.1. The molecule has 4 rings (SSSR count). The Bertz CT molecular complexity index is 1140. The maximum Gasteiger partial charge on any atom is 0.230 e. The standard InChI is InChI=1S/C24H28N2O5S/c1-16-13-19-14-20(9-10-21(19)26(16)24(28)17-7-8-17)32(29,30)12-11-23(27)25-15-18-5-3-4-6-22(18)31-2/h3-6,9-10,14,16-17H,7-8,11-13,15H2,1-2H3,(H,25,27)/t16-/m0/s1. The topological polar surface area (TPSA) is 92.8 Å². The van der Waals surface area contributed by atoms with Crippen molar-refractivity contribution in [1.29, 1.82) is 0 Å². The highest BCUT2D eigenvalue weighted by Crippen LogP contribution is 2.39. The van der Waals surface area contributed by atoms with E-state index in [-0.39, 0.29) is 47.4 Å². The lowest BCUT2D eigenvalue weighted by Crippen LogP contribution is -2.36. The lowest BCUT2D eigenvalue weighted by Gasteiger charge is -2.22. The van der Waals surface area contributed by atoms with Crippen molar-refractivity contribution in [2.24, 2.45) is 5.92 Å². The predicted octanol–water partition coefficient (Wildman–Crippen LogP) is 2.86. The number of para-hydroxylation sites is 1. The number of anilines is 1. The van der Waals surface area contributed by atoms with Crippen LogP contribution in [0.1, 0.15) is 37.3 Å². The van der Waals surface area contributed by atoms with E-state index in [1.54, 1.807) is 31.4 Å². The molecule has 2 amide bonds. The van der Waals surface area contributed by atoms with Crippen LogP contribution in [-0.2, 0) is 32.4 Å². The van der Waals surface area contributed by atoms with Gasteiger partial charge in [-0.15, -0.1) is 0 Å². The Morgan fingerprint density at radius 3 is 2.62 bits per heavy atom. The quantitative estimate of drug-likeness (QED) is 0.659. The SMILES string of the molecule is COc1ccccc1CNC(=O)CCS(=O)(=O)c1ccc2c(c1)C[C@H](C)N2C(=O)C1CC1. The fraction of sp³-hybridized carbons (Fsp3) is 0.417. The molecule has 1 aliphatic heterocycles. The van der Waals surface area contributed by atoms with Crippen LogP contribution in [0.3, 0.4) is 0 Å². The molecule has 0 aromatic heterocycles. The molecule has 8 heteroatoms. The Balaban J connectivity index is 1.38. The summed E-state index contributed by atoms with van der Waals surface area (Å²) >= 11 is 0. The van der Waals surface area contributed by atoms with Gasteiger partial charge < -0.3 is 15.0 Å². The van der Waals surface area contributed by atoms with Crippen molar-refractivity contribution in [2.75, 3.05) is 17.8 Å². The summed E-state index contributed by atoms with van der Waals surface area (Å²) in [6, 6.07) is 12.3. The Kier molecular flexibility index (Phi) is 6.24. The fourth-order valence-electron chi connectivity index (χ4n) is 4.14. The lowest BCUT2D eigenvalue weighted by molar-refractivity contribution is -0.121. The highest BCUT2D eigenvalue weighted by atomic mass is 32.2. The molecule has 0 bridgehead atoms. The van der Waals surface area contributed by atoms with E-state index in [0.717, 1.165) is 29.7 Å². The molecule has 0 spiro atoms. The highest BCUT2D eigenvalue weighted by Gasteiger charge is 2.39. The molecule has 170 valence electrons. The minimum Gasteiger partial charge on any atom is -0.496 e. The molecule has 1 N–H and O–H groups in total. The van der Waals surface area contributed by atoms with Crippen molar-refractivity contribution in [3.63, 3.8) is 0 Å². The molecule has 0 unspecified atom stereocenters. The van der Waals surface area contributed by atoms with E-state index in [2.05, 4.69) is 5.32 Å². The first-order chi connectivity index (χ1) is 15.3. The van der Waals surface area contributed by atoms with Gasteiger partial charge in [0.2, 0.25) is 11.8 Å². The van der Waals surface area contributed by atoms with Gasteiger partial charge in [0.1, 0.15) is 5.75 Å². The third-order valence-corrected chi connectivity index (χ3v) is 7.77. The molecule has 2 aliphatic rings. The predicted molar refractivity (Wildman–Crippen MR) is 121 cm³/mol. The van der Waals surface area contributed by atoms with Gasteiger partial charge in [-0.2, -0.15) is 0 Å². The molecular formula is C24H28N2O5S. The Morgan fingerprint density at radius 2 is 1.91 bits per heavy atom. The third-order valence-electron chi connectivity index (χ3n) is 6.06. The summed E-state index contributed by atoms with van der Waals surface area (Å²) in [5, 5.41) is 2.75. The number of rotatable bonds is 8. The average Bonchev–Trinajstić information content (AvgIpc) is 3.58. The van der Waals surface area contributed by atoms with Gasteiger partial charge in [-0.1, -0.05) is 18.2 Å². The molecule has 0 saturated heterocycles. The van der Waals surface area contributed by atoms with Crippen LogP contribution in [0, 0.1) is 5.92 Å². The second-order valence-electron chi connectivity index (χ2n) is 8.48. The van der Waals surface area contributed by atoms with Crippen LogP contribution >= 0.6 is 0 Å². The van der Waals surface area contributed by atoms with Crippen LogP contribution in [0.2, 0.25) is 0 Å². The summed E-state index contributed by atoms with van der Waals surface area (Å²) in [5.41, 5.74) is 2.50. The zero-order chi connectivity index (χ0) is 22.9. The number of carbonyl (C=O) groups excluding carboxylic acids is 2. The number of carbonyl (C=O) groups is 2. The zero-order valence-corrected chi connectivity index (χ0v) is 19.2. The first-order valence-corrected chi connectivity index (χ1v) is 12.5. The largest absolute Gasteiger partial charge is 0.496 e. The van der Waals surface area contributed by atoms with Gasteiger partial charge in [-0.25, -0.2) is 8.42 Å². The maximum absolute atomic E-state index is 12.8. The molecule has 1 saturated carbocycles. The van der Waals surface area contributed by atoms with Crippen LogP contribution in [0.15, 0.2) is 47.4 Å². The van der Waals surface area contributed by atoms with Crippen molar-refractivity contribution < 1.29 is 22.7 Å². The van der Waals surface area contributed by atoms with E-state index in [9.17, 15) is 18.0 Å². The summed E-state index contributed by atoms with van der Waals surface area (Å²) in [6.07, 6.45) is 2.37. The van der Waals surface area contributed by atoms with Crippen molar-refractivity contribution in [3.05, 3.63) is 53.6 Å². The van der Waals surface area contributed by atoms with Crippen molar-refractivity contribution >= 4 is 27.3 Å². The normalized spacial score (nSPS) is 17.7. The number of sulfone groups is 1. The molecular weight excluding hydrogens is 428 g/mol. The molecule has 32 heavy (non-hydrogen) atoms. The van der Waals surface area contributed by atoms with E-state index in [4.69, 9.17) is 4.74 Å². The van der Waals surface area contributed by atoms with E-state index in [1.807, 2.05) is 30.0 Å². The second kappa shape index (κ2) is 8.94. The molecule has 1 heterocycles. The Hall–Kier alpha value is -2.87. The number of ether oxygens (including phenoxy) is 1. The number of fused-ring (bicyclic) bond motifs is 1. The van der Waals surface area contributed by atoms with Gasteiger partial charge in [-0.05, 0) is 56.0 Å². The third kappa shape index (κ3) is 4.65. The molecule has 0 radical (unpaired) electrons. The summed E-state index contributed by atoms with van der Waals surface area (Å²) in [5.74, 6) is 0.307. The van der Waals surface area contributed by atoms with E-state index < -0.39 is 9.84 Å². The monoisotopic (exact) mass is 456 g/mol. The van der Waals surface area contributed by atoms with Gasteiger partial charge >= 0.3 is 0 Å². The minimum absolute atomic E-state index is 0.0248. The molecule has 2 aromatic rings. The van der Waals surface area contributed by atoms with Gasteiger partial charge in [0.05, 0.1) is 17.8 Å². The van der Waals surface area contributed by atoms with Gasteiger partial charge in [-0.3, -0.25) is 9.59 Å². The fourth-order valence-corrected chi connectivity index (χ4v) is 5.43. The van der Waals surface area contributed by atoms with Crippen LogP contribution in [0.5, 0.6) is 5.75 Å². The van der Waals surface area contributed by atoms with Crippen LogP contribution in [0.25, 0.3) is 0 Å². The van der Waals surface area contributed by atoms with Crippen LogP contribution in [0.4, 0.5) is 5.69 Å². The number of nitrogens with zero attached hydrogens (tertiary/aromatic N) is 1. The molecule has 1 aliphatic carbocycles. The summed E-state index contributed by atoms with van der Waals surface area (Å²) in [6.45, 7) is 2.25.